The lowest BCUT2D eigenvalue weighted by Gasteiger charge is -2.02. The van der Waals surface area contributed by atoms with Crippen molar-refractivity contribution in [3.63, 3.8) is 0 Å². The van der Waals surface area contributed by atoms with E-state index < -0.39 is 0 Å². The topological polar surface area (TPSA) is 63.3 Å². The normalized spacial score (nSPS) is 10.7. The Morgan fingerprint density at radius 3 is 2.60 bits per heavy atom. The van der Waals surface area contributed by atoms with Gasteiger partial charge < -0.3 is 5.73 Å². The molecule has 0 aliphatic heterocycles. The quantitative estimate of drug-likeness (QED) is 0.394. The third-order valence-electron chi connectivity index (χ3n) is 2.57. The van der Waals surface area contributed by atoms with Crippen molar-refractivity contribution in [3.05, 3.63) is 53.7 Å². The van der Waals surface area contributed by atoms with Crippen LogP contribution in [0.15, 0.2) is 47.7 Å². The van der Waals surface area contributed by atoms with Crippen LogP contribution in [0.3, 0.4) is 0 Å². The largest absolute Gasteiger partial charge is 0.375 e. The van der Waals surface area contributed by atoms with Gasteiger partial charge in [-0.2, -0.15) is 5.10 Å². The Morgan fingerprint density at radius 2 is 2.05 bits per heavy atom. The first-order valence-electron chi connectivity index (χ1n) is 5.89. The van der Waals surface area contributed by atoms with Crippen LogP contribution in [0.4, 0.5) is 0 Å². The molecular formula is C14H13ClN4S. The average Bonchev–Trinajstić information content (AvgIpc) is 2.48. The summed E-state index contributed by atoms with van der Waals surface area (Å²) < 4.78 is 0. The maximum absolute atomic E-state index is 5.74. The Morgan fingerprint density at radius 1 is 1.30 bits per heavy atom. The number of thiocarbonyl (C=S) groups is 1. The summed E-state index contributed by atoms with van der Waals surface area (Å²) in [6, 6.07) is 11.8. The highest BCUT2D eigenvalue weighted by molar-refractivity contribution is 7.80. The molecule has 0 radical (unpaired) electrons. The highest BCUT2D eigenvalue weighted by Crippen LogP contribution is 2.17. The van der Waals surface area contributed by atoms with Gasteiger partial charge in [-0.3, -0.25) is 10.4 Å². The Labute approximate surface area is 127 Å². The molecule has 0 saturated heterocycles. The van der Waals surface area contributed by atoms with E-state index in [0.29, 0.717) is 5.88 Å². The zero-order chi connectivity index (χ0) is 14.4. The number of halogens is 1. The lowest BCUT2D eigenvalue weighted by atomic mass is 10.1. The van der Waals surface area contributed by atoms with Crippen LogP contribution in [0.25, 0.3) is 11.3 Å². The van der Waals surface area contributed by atoms with Crippen LogP contribution in [0.2, 0.25) is 0 Å². The summed E-state index contributed by atoms with van der Waals surface area (Å²) in [6.45, 7) is 0. The van der Waals surface area contributed by atoms with E-state index in [2.05, 4.69) is 27.7 Å². The zero-order valence-electron chi connectivity index (χ0n) is 10.6. The van der Waals surface area contributed by atoms with Crippen molar-refractivity contribution in [2.24, 2.45) is 10.8 Å². The molecule has 20 heavy (non-hydrogen) atoms. The van der Waals surface area contributed by atoms with Crippen molar-refractivity contribution >= 4 is 35.1 Å². The molecule has 4 nitrogen and oxygen atoms in total. The number of hydrogen-bond donors (Lipinski definition) is 2. The van der Waals surface area contributed by atoms with E-state index in [1.807, 2.05) is 36.4 Å². The third kappa shape index (κ3) is 4.01. The van der Waals surface area contributed by atoms with Crippen LogP contribution in [-0.4, -0.2) is 16.3 Å². The number of pyridine rings is 1. The molecule has 3 N–H and O–H groups in total. The molecular weight excluding hydrogens is 292 g/mol. The molecule has 0 fully saturated rings. The molecule has 2 rings (SSSR count). The van der Waals surface area contributed by atoms with Crippen molar-refractivity contribution in [2.45, 2.75) is 5.88 Å². The smallest absolute Gasteiger partial charge is 0.184 e. The summed E-state index contributed by atoms with van der Waals surface area (Å²) in [5.74, 6) is 0.471. The van der Waals surface area contributed by atoms with Gasteiger partial charge in [0.25, 0.3) is 0 Å². The minimum absolute atomic E-state index is 0.140. The number of benzene rings is 1. The summed E-state index contributed by atoms with van der Waals surface area (Å²) in [6.07, 6.45) is 3.43. The number of nitrogens with two attached hydrogens (primary N) is 1. The fourth-order valence-electron chi connectivity index (χ4n) is 1.58. The molecule has 6 heteroatoms. The molecule has 0 aliphatic rings. The maximum Gasteiger partial charge on any atom is 0.184 e. The minimum atomic E-state index is 0.140. The van der Waals surface area contributed by atoms with Gasteiger partial charge in [-0.15, -0.1) is 11.6 Å². The van der Waals surface area contributed by atoms with Crippen LogP contribution >= 0.6 is 23.8 Å². The summed E-state index contributed by atoms with van der Waals surface area (Å²) in [7, 11) is 0. The number of nitrogens with zero attached hydrogens (tertiary/aromatic N) is 2. The summed E-state index contributed by atoms with van der Waals surface area (Å²) in [5.41, 5.74) is 11.7. The van der Waals surface area contributed by atoms with Gasteiger partial charge in [0, 0.05) is 17.6 Å². The molecule has 0 unspecified atom stereocenters. The van der Waals surface area contributed by atoms with E-state index in [-0.39, 0.29) is 5.11 Å². The van der Waals surface area contributed by atoms with Crippen LogP contribution in [-0.2, 0) is 5.88 Å². The molecule has 102 valence electrons. The fourth-order valence-corrected chi connectivity index (χ4v) is 1.80. The number of alkyl halides is 1. The van der Waals surface area contributed by atoms with Crippen molar-refractivity contribution in [1.82, 2.24) is 10.4 Å². The van der Waals surface area contributed by atoms with Crippen molar-refractivity contribution in [1.29, 1.82) is 0 Å². The SMILES string of the molecule is NC(=S)NN=Cc1ccc(-c2ccc(CCl)cn2)cc1. The third-order valence-corrected chi connectivity index (χ3v) is 2.97. The summed E-state index contributed by atoms with van der Waals surface area (Å²) in [4.78, 5) is 4.37. The van der Waals surface area contributed by atoms with Gasteiger partial charge in [0.1, 0.15) is 0 Å². The highest BCUT2D eigenvalue weighted by atomic mass is 35.5. The second-order valence-electron chi connectivity index (χ2n) is 4.04. The van der Waals surface area contributed by atoms with E-state index in [9.17, 15) is 0 Å². The van der Waals surface area contributed by atoms with Gasteiger partial charge >= 0.3 is 0 Å². The van der Waals surface area contributed by atoms with Crippen LogP contribution in [0, 0.1) is 0 Å². The molecule has 0 atom stereocenters. The number of hydrazone groups is 1. The summed E-state index contributed by atoms with van der Waals surface area (Å²) >= 11 is 10.4. The van der Waals surface area contributed by atoms with Crippen molar-refractivity contribution in [2.75, 3.05) is 0 Å². The Balaban J connectivity index is 2.10. The Hall–Kier alpha value is -1.98. The molecule has 0 saturated carbocycles. The standard InChI is InChI=1S/C14H13ClN4S/c15-7-11-3-6-13(17-8-11)12-4-1-10(2-5-12)9-18-19-14(16)20/h1-6,8-9H,7H2,(H3,16,19,20). The number of rotatable bonds is 4. The predicted molar refractivity (Wildman–Crippen MR) is 86.7 cm³/mol. The van der Waals surface area contributed by atoms with E-state index in [1.165, 1.54) is 0 Å². The first-order valence-corrected chi connectivity index (χ1v) is 6.83. The first-order chi connectivity index (χ1) is 9.69. The molecule has 0 amide bonds. The molecule has 0 bridgehead atoms. The van der Waals surface area contributed by atoms with Gasteiger partial charge in [0.15, 0.2) is 5.11 Å². The first kappa shape index (κ1) is 14.4. The highest BCUT2D eigenvalue weighted by Gasteiger charge is 1.99. The van der Waals surface area contributed by atoms with Gasteiger partial charge in [-0.1, -0.05) is 30.3 Å². The van der Waals surface area contributed by atoms with Gasteiger partial charge in [-0.25, -0.2) is 0 Å². The lowest BCUT2D eigenvalue weighted by molar-refractivity contribution is 1.04. The molecule has 1 heterocycles. The minimum Gasteiger partial charge on any atom is -0.375 e. The number of hydrogen-bond acceptors (Lipinski definition) is 3. The molecule has 0 aliphatic carbocycles. The average molecular weight is 305 g/mol. The van der Waals surface area contributed by atoms with Gasteiger partial charge in [0.05, 0.1) is 11.9 Å². The molecule has 1 aromatic heterocycles. The Kier molecular flexibility index (Phi) is 5.03. The lowest BCUT2D eigenvalue weighted by Crippen LogP contribution is -2.23. The van der Waals surface area contributed by atoms with E-state index in [1.54, 1.807) is 12.4 Å². The van der Waals surface area contributed by atoms with Gasteiger partial charge in [-0.05, 0) is 29.4 Å². The molecule has 1 aromatic carbocycles. The van der Waals surface area contributed by atoms with Crippen LogP contribution < -0.4 is 11.2 Å². The van der Waals surface area contributed by atoms with E-state index >= 15 is 0 Å². The molecule has 0 spiro atoms. The second-order valence-corrected chi connectivity index (χ2v) is 4.75. The number of aromatic nitrogens is 1. The second kappa shape index (κ2) is 6.98. The van der Waals surface area contributed by atoms with Crippen LogP contribution in [0.5, 0.6) is 0 Å². The van der Waals surface area contributed by atoms with Crippen molar-refractivity contribution in [3.8, 4) is 11.3 Å². The maximum atomic E-state index is 5.74. The zero-order valence-corrected chi connectivity index (χ0v) is 12.2. The number of nitrogens with one attached hydrogen (secondary N) is 1. The molecule has 2 aromatic rings. The summed E-state index contributed by atoms with van der Waals surface area (Å²) in [5, 5.41) is 4.03. The van der Waals surface area contributed by atoms with Gasteiger partial charge in [0.2, 0.25) is 0 Å². The van der Waals surface area contributed by atoms with E-state index in [0.717, 1.165) is 22.4 Å². The Bertz CT molecular complexity index is 608. The van der Waals surface area contributed by atoms with Crippen molar-refractivity contribution < 1.29 is 0 Å². The predicted octanol–water partition coefficient (Wildman–Crippen LogP) is 2.65. The fraction of sp³-hybridized carbons (Fsp3) is 0.0714. The monoisotopic (exact) mass is 304 g/mol. The van der Waals surface area contributed by atoms with E-state index in [4.69, 9.17) is 17.3 Å². The van der Waals surface area contributed by atoms with Crippen LogP contribution in [0.1, 0.15) is 11.1 Å².